The van der Waals surface area contributed by atoms with E-state index in [9.17, 15) is 14.4 Å². The average Bonchev–Trinajstić information content (AvgIpc) is 3.35. The smallest absolute Gasteiger partial charge is 0.291 e. The fourth-order valence-corrected chi connectivity index (χ4v) is 4.62. The lowest BCUT2D eigenvalue weighted by molar-refractivity contribution is -0.132. The Hall–Kier alpha value is -3.38. The van der Waals surface area contributed by atoms with Crippen LogP contribution in [0, 0.1) is 0 Å². The number of carbonyl (C=O) groups excluding carboxylic acids is 3. The number of halogens is 1. The van der Waals surface area contributed by atoms with Crippen LogP contribution in [0.3, 0.4) is 0 Å². The third kappa shape index (κ3) is 3.94. The van der Waals surface area contributed by atoms with Crippen LogP contribution in [-0.2, 0) is 10.3 Å². The number of likely N-dealkylation sites (N-methyl/N-ethyl adjacent to an activating group) is 1. The molecule has 0 aliphatic heterocycles. The highest BCUT2D eigenvalue weighted by Gasteiger charge is 2.48. The maximum absolute atomic E-state index is 13.5. The number of benzene rings is 2. The van der Waals surface area contributed by atoms with Crippen molar-refractivity contribution in [1.82, 2.24) is 4.90 Å². The first-order chi connectivity index (χ1) is 15.4. The molecule has 1 saturated carbocycles. The van der Waals surface area contributed by atoms with Crippen molar-refractivity contribution in [2.24, 2.45) is 0 Å². The van der Waals surface area contributed by atoms with Crippen molar-refractivity contribution in [1.29, 1.82) is 0 Å². The van der Waals surface area contributed by atoms with Gasteiger partial charge in [-0.2, -0.15) is 0 Å². The summed E-state index contributed by atoms with van der Waals surface area (Å²) in [7, 11) is 1.64. The van der Waals surface area contributed by atoms with E-state index in [0.717, 1.165) is 12.8 Å². The lowest BCUT2D eigenvalue weighted by Gasteiger charge is -2.44. The molecular weight excluding hydrogens is 428 g/mol. The van der Waals surface area contributed by atoms with Crippen LogP contribution in [0.25, 0.3) is 0 Å². The summed E-state index contributed by atoms with van der Waals surface area (Å²) in [5.41, 5.74) is 0.327. The van der Waals surface area contributed by atoms with Crippen LogP contribution >= 0.6 is 11.6 Å². The van der Waals surface area contributed by atoms with E-state index in [0.29, 0.717) is 34.7 Å². The number of furan rings is 1. The summed E-state index contributed by atoms with van der Waals surface area (Å²) in [6.07, 6.45) is 3.92. The van der Waals surface area contributed by atoms with Gasteiger partial charge in [-0.3, -0.25) is 14.4 Å². The number of hydrogen-bond donors (Lipinski definition) is 1. The Bertz CT molecular complexity index is 1160. The monoisotopic (exact) mass is 450 g/mol. The molecule has 0 bridgehead atoms. The largest absolute Gasteiger partial charge is 0.459 e. The number of nitrogens with one attached hydrogen (secondary N) is 1. The Balaban J connectivity index is 1.66. The molecule has 0 saturated heterocycles. The molecular formula is C25H23ClN2O4. The van der Waals surface area contributed by atoms with E-state index in [1.165, 1.54) is 11.2 Å². The number of nitrogens with zero attached hydrogens (tertiary/aromatic N) is 1. The normalized spacial score (nSPS) is 18.2. The summed E-state index contributed by atoms with van der Waals surface area (Å²) < 4.78 is 5.11. The van der Waals surface area contributed by atoms with Gasteiger partial charge in [-0.15, -0.1) is 0 Å². The molecule has 6 nitrogen and oxygen atoms in total. The van der Waals surface area contributed by atoms with E-state index in [1.54, 1.807) is 55.6 Å². The Morgan fingerprint density at radius 3 is 2.59 bits per heavy atom. The van der Waals surface area contributed by atoms with Crippen LogP contribution < -0.4 is 5.32 Å². The molecule has 2 amide bonds. The molecule has 0 spiro atoms. The number of carbonyl (C=O) groups is 3. The Labute approximate surface area is 191 Å². The second kappa shape index (κ2) is 9.01. The summed E-state index contributed by atoms with van der Waals surface area (Å²) >= 11 is 6.49. The van der Waals surface area contributed by atoms with Gasteiger partial charge in [0, 0.05) is 35.3 Å². The summed E-state index contributed by atoms with van der Waals surface area (Å²) in [5.74, 6) is -0.587. The molecule has 2 aromatic carbocycles. The molecule has 164 valence electrons. The second-order valence-electron chi connectivity index (χ2n) is 7.85. The first-order valence-electron chi connectivity index (χ1n) is 10.4. The summed E-state index contributed by atoms with van der Waals surface area (Å²) in [4.78, 5) is 40.6. The van der Waals surface area contributed by atoms with E-state index >= 15 is 0 Å². The first-order valence-corrected chi connectivity index (χ1v) is 10.8. The molecule has 1 N–H and O–H groups in total. The van der Waals surface area contributed by atoms with Crippen LogP contribution in [0.15, 0.2) is 71.3 Å². The Morgan fingerprint density at radius 2 is 1.88 bits per heavy atom. The fourth-order valence-electron chi connectivity index (χ4n) is 4.33. The number of rotatable bonds is 5. The minimum Gasteiger partial charge on any atom is -0.459 e. The average molecular weight is 451 g/mol. The molecule has 1 aromatic heterocycles. The topological polar surface area (TPSA) is 79.6 Å². The quantitative estimate of drug-likeness (QED) is 0.572. The predicted octanol–water partition coefficient (Wildman–Crippen LogP) is 5.30. The van der Waals surface area contributed by atoms with E-state index in [1.807, 2.05) is 12.1 Å². The van der Waals surface area contributed by atoms with Crippen molar-refractivity contribution in [3.8, 4) is 0 Å². The summed E-state index contributed by atoms with van der Waals surface area (Å²) in [5, 5.41) is 3.19. The highest BCUT2D eigenvalue weighted by Crippen LogP contribution is 2.42. The predicted molar refractivity (Wildman–Crippen MR) is 122 cm³/mol. The second-order valence-corrected chi connectivity index (χ2v) is 8.25. The van der Waals surface area contributed by atoms with Crippen molar-refractivity contribution in [2.75, 3.05) is 12.4 Å². The minimum atomic E-state index is -1.12. The van der Waals surface area contributed by atoms with Gasteiger partial charge in [0.05, 0.1) is 6.26 Å². The van der Waals surface area contributed by atoms with Gasteiger partial charge in [-0.05, 0) is 55.7 Å². The molecule has 1 unspecified atom stereocenters. The SMILES string of the molecule is CN(C(=O)c1cccc(NC(=O)c2ccco2)c1)C1(c2ccccc2Cl)CCCCC1=O. The van der Waals surface area contributed by atoms with Gasteiger partial charge in [0.2, 0.25) is 0 Å². The standard InChI is InChI=1S/C25H23ClN2O4/c1-28(25(14-5-4-13-22(25)29)19-10-2-3-11-20(19)26)24(31)17-8-6-9-18(16-17)27-23(30)21-12-7-15-32-21/h2-3,6-12,15-16H,4-5,13-14H2,1H3,(H,27,30). The number of anilines is 1. The zero-order valence-corrected chi connectivity index (χ0v) is 18.4. The van der Waals surface area contributed by atoms with Crippen molar-refractivity contribution in [3.63, 3.8) is 0 Å². The van der Waals surface area contributed by atoms with Crippen LogP contribution in [-0.4, -0.2) is 29.5 Å². The molecule has 1 aliphatic rings. The summed E-state index contributed by atoms with van der Waals surface area (Å²) in [6.45, 7) is 0. The van der Waals surface area contributed by atoms with Crippen LogP contribution in [0.4, 0.5) is 5.69 Å². The van der Waals surface area contributed by atoms with Crippen molar-refractivity contribution in [3.05, 3.63) is 88.8 Å². The van der Waals surface area contributed by atoms with E-state index in [-0.39, 0.29) is 17.5 Å². The number of amides is 2. The highest BCUT2D eigenvalue weighted by atomic mass is 35.5. The Kier molecular flexibility index (Phi) is 6.15. The number of Topliss-reactive ketones (excluding diaryl/α,β-unsaturated/α-hetero) is 1. The van der Waals surface area contributed by atoms with E-state index in [4.69, 9.17) is 16.0 Å². The zero-order valence-electron chi connectivity index (χ0n) is 17.6. The molecule has 4 rings (SSSR count). The molecule has 32 heavy (non-hydrogen) atoms. The van der Waals surface area contributed by atoms with Gasteiger partial charge < -0.3 is 14.6 Å². The van der Waals surface area contributed by atoms with Gasteiger partial charge >= 0.3 is 0 Å². The molecule has 7 heteroatoms. The maximum Gasteiger partial charge on any atom is 0.291 e. The van der Waals surface area contributed by atoms with Gasteiger partial charge in [0.1, 0.15) is 5.54 Å². The summed E-state index contributed by atoms with van der Waals surface area (Å²) in [6, 6.07) is 17.0. The molecule has 3 aromatic rings. The molecule has 1 heterocycles. The van der Waals surface area contributed by atoms with Gasteiger partial charge in [-0.1, -0.05) is 35.9 Å². The van der Waals surface area contributed by atoms with Crippen LogP contribution in [0.2, 0.25) is 5.02 Å². The maximum atomic E-state index is 13.5. The minimum absolute atomic E-state index is 0.0185. The van der Waals surface area contributed by atoms with E-state index < -0.39 is 11.4 Å². The molecule has 1 atom stereocenters. The lowest BCUT2D eigenvalue weighted by atomic mass is 9.74. The van der Waals surface area contributed by atoms with E-state index in [2.05, 4.69) is 5.32 Å². The third-order valence-corrected chi connectivity index (χ3v) is 6.29. The van der Waals surface area contributed by atoms with Crippen molar-refractivity contribution < 1.29 is 18.8 Å². The van der Waals surface area contributed by atoms with Crippen LogP contribution in [0.5, 0.6) is 0 Å². The lowest BCUT2D eigenvalue weighted by Crippen LogP contribution is -2.54. The molecule has 0 radical (unpaired) electrons. The van der Waals surface area contributed by atoms with Crippen molar-refractivity contribution >= 4 is 34.9 Å². The van der Waals surface area contributed by atoms with Crippen LogP contribution in [0.1, 0.15) is 52.2 Å². The van der Waals surface area contributed by atoms with Gasteiger partial charge in [0.15, 0.2) is 11.5 Å². The Morgan fingerprint density at radius 1 is 1.06 bits per heavy atom. The zero-order chi connectivity index (χ0) is 22.7. The number of ketones is 1. The third-order valence-electron chi connectivity index (χ3n) is 5.96. The number of hydrogen-bond acceptors (Lipinski definition) is 4. The fraction of sp³-hybridized carbons (Fsp3) is 0.240. The van der Waals surface area contributed by atoms with Crippen molar-refractivity contribution in [2.45, 2.75) is 31.2 Å². The molecule has 1 fully saturated rings. The van der Waals surface area contributed by atoms with Gasteiger partial charge in [-0.25, -0.2) is 0 Å². The molecule has 1 aliphatic carbocycles. The highest BCUT2D eigenvalue weighted by molar-refractivity contribution is 6.31. The first kappa shape index (κ1) is 21.8. The van der Waals surface area contributed by atoms with Gasteiger partial charge in [0.25, 0.3) is 11.8 Å².